The molecule has 0 spiro atoms. The van der Waals surface area contributed by atoms with Crippen molar-refractivity contribution in [3.8, 4) is 0 Å². The molecule has 0 bridgehead atoms. The highest BCUT2D eigenvalue weighted by molar-refractivity contribution is 9.25. The van der Waals surface area contributed by atoms with Gasteiger partial charge in [0.2, 0.25) is 0 Å². The Labute approximate surface area is 153 Å². The molecule has 0 N–H and O–H groups in total. The zero-order valence-electron chi connectivity index (χ0n) is 10.6. The van der Waals surface area contributed by atoms with Crippen molar-refractivity contribution in [2.75, 3.05) is 0 Å². The van der Waals surface area contributed by atoms with E-state index in [2.05, 4.69) is 124 Å². The summed E-state index contributed by atoms with van der Waals surface area (Å²) in [7, 11) is 0. The number of alkyl halides is 4. The minimum Gasteiger partial charge on any atom is -0.0867 e. The SMILES string of the molecule is BrC(Br)C(Br)C(Br)C(c1ccccc1)c1ccccc1. The van der Waals surface area contributed by atoms with Crippen LogP contribution >= 0.6 is 63.7 Å². The summed E-state index contributed by atoms with van der Waals surface area (Å²) in [6.07, 6.45) is 0. The van der Waals surface area contributed by atoms with E-state index in [1.165, 1.54) is 11.1 Å². The van der Waals surface area contributed by atoms with Crippen LogP contribution in [-0.2, 0) is 0 Å². The summed E-state index contributed by atoms with van der Waals surface area (Å²) in [4.78, 5) is 0.518. The van der Waals surface area contributed by atoms with Gasteiger partial charge in [0.1, 0.15) is 0 Å². The average Bonchev–Trinajstić information content (AvgIpc) is 2.48. The normalized spacial score (nSPS) is 14.5. The van der Waals surface area contributed by atoms with Crippen molar-refractivity contribution in [3.63, 3.8) is 0 Å². The van der Waals surface area contributed by atoms with Gasteiger partial charge in [-0.1, -0.05) is 124 Å². The van der Waals surface area contributed by atoms with Crippen molar-refractivity contribution in [1.82, 2.24) is 0 Å². The Morgan fingerprint density at radius 2 is 0.950 bits per heavy atom. The predicted octanol–water partition coefficient (Wildman–Crippen LogP) is 6.46. The average molecular weight is 526 g/mol. The van der Waals surface area contributed by atoms with Crippen molar-refractivity contribution >= 4 is 63.7 Å². The maximum atomic E-state index is 3.88. The van der Waals surface area contributed by atoms with E-state index in [1.54, 1.807) is 0 Å². The maximum absolute atomic E-state index is 3.88. The maximum Gasteiger partial charge on any atom is 0.0833 e. The second-order valence-electron chi connectivity index (χ2n) is 4.52. The zero-order chi connectivity index (χ0) is 14.5. The van der Waals surface area contributed by atoms with Crippen LogP contribution in [0.4, 0.5) is 0 Å². The third kappa shape index (κ3) is 4.19. The van der Waals surface area contributed by atoms with E-state index in [9.17, 15) is 0 Å². The Bertz CT molecular complexity index is 473. The molecule has 0 saturated heterocycles. The number of halogens is 4. The third-order valence-corrected chi connectivity index (χ3v) is 8.64. The number of hydrogen-bond donors (Lipinski definition) is 0. The smallest absolute Gasteiger partial charge is 0.0833 e. The van der Waals surface area contributed by atoms with E-state index in [1.807, 2.05) is 0 Å². The predicted molar refractivity (Wildman–Crippen MR) is 102 cm³/mol. The van der Waals surface area contributed by atoms with E-state index in [-0.39, 0.29) is 13.4 Å². The minimum absolute atomic E-state index is 0.203. The number of rotatable bonds is 5. The summed E-state index contributed by atoms with van der Waals surface area (Å²) in [6.45, 7) is 0. The largest absolute Gasteiger partial charge is 0.0867 e. The molecule has 0 aromatic heterocycles. The van der Waals surface area contributed by atoms with Crippen LogP contribution in [0.1, 0.15) is 17.0 Å². The van der Waals surface area contributed by atoms with Crippen LogP contribution < -0.4 is 0 Å². The molecule has 0 heterocycles. The Hall–Kier alpha value is 0.360. The van der Waals surface area contributed by atoms with E-state index < -0.39 is 0 Å². The molecule has 0 aliphatic rings. The molecule has 0 aliphatic carbocycles. The van der Waals surface area contributed by atoms with Crippen LogP contribution in [0.2, 0.25) is 0 Å². The molecule has 0 nitrogen and oxygen atoms in total. The van der Waals surface area contributed by atoms with Gasteiger partial charge in [0.05, 0.1) is 8.56 Å². The second kappa shape index (κ2) is 8.11. The van der Waals surface area contributed by atoms with Crippen molar-refractivity contribution in [2.24, 2.45) is 0 Å². The van der Waals surface area contributed by atoms with Gasteiger partial charge >= 0.3 is 0 Å². The summed E-state index contributed by atoms with van der Waals surface area (Å²) in [5.41, 5.74) is 2.62. The highest BCUT2D eigenvalue weighted by Gasteiger charge is 2.31. The fourth-order valence-electron chi connectivity index (χ4n) is 2.20. The first-order chi connectivity index (χ1) is 9.61. The zero-order valence-corrected chi connectivity index (χ0v) is 16.9. The van der Waals surface area contributed by atoms with Gasteiger partial charge in [0, 0.05) is 10.7 Å². The van der Waals surface area contributed by atoms with Gasteiger partial charge in [-0.3, -0.25) is 0 Å². The number of benzene rings is 2. The minimum atomic E-state index is 0.203. The van der Waals surface area contributed by atoms with Crippen molar-refractivity contribution in [1.29, 1.82) is 0 Å². The van der Waals surface area contributed by atoms with Crippen LogP contribution in [-0.4, -0.2) is 13.4 Å². The molecular weight excluding hydrogens is 512 g/mol. The lowest BCUT2D eigenvalue weighted by Crippen LogP contribution is -2.27. The molecule has 0 saturated carbocycles. The van der Waals surface area contributed by atoms with Gasteiger partial charge in [-0.2, -0.15) is 0 Å². The molecule has 2 unspecified atom stereocenters. The second-order valence-corrected chi connectivity index (χ2v) is 9.84. The Kier molecular flexibility index (Phi) is 6.79. The molecule has 2 aromatic rings. The van der Waals surface area contributed by atoms with Gasteiger partial charge in [-0.25, -0.2) is 0 Å². The Morgan fingerprint density at radius 1 is 0.550 bits per heavy atom. The van der Waals surface area contributed by atoms with Crippen LogP contribution in [0.25, 0.3) is 0 Å². The third-order valence-electron chi connectivity index (χ3n) is 3.18. The molecule has 2 atom stereocenters. The first kappa shape index (κ1) is 16.7. The number of hydrogen-bond acceptors (Lipinski definition) is 0. The standard InChI is InChI=1S/C16H14Br4/c17-14(15(18)16(19)20)13(11-7-3-1-4-8-11)12-9-5-2-6-10-12/h1-10,13-16H. The van der Waals surface area contributed by atoms with Crippen LogP contribution in [0.3, 0.4) is 0 Å². The first-order valence-corrected chi connectivity index (χ1v) is 9.93. The molecule has 0 amide bonds. The summed E-state index contributed by atoms with van der Waals surface area (Å²) in [5, 5.41) is 0. The van der Waals surface area contributed by atoms with Gasteiger partial charge in [-0.15, -0.1) is 0 Å². The molecule has 0 fully saturated rings. The van der Waals surface area contributed by atoms with Crippen molar-refractivity contribution < 1.29 is 0 Å². The van der Waals surface area contributed by atoms with Gasteiger partial charge in [-0.05, 0) is 11.1 Å². The molecule has 0 radical (unpaired) electrons. The van der Waals surface area contributed by atoms with E-state index in [4.69, 9.17) is 0 Å². The topological polar surface area (TPSA) is 0 Å². The lowest BCUT2D eigenvalue weighted by molar-refractivity contribution is 0.747. The van der Waals surface area contributed by atoms with Gasteiger partial charge in [0.15, 0.2) is 0 Å². The summed E-state index contributed by atoms with van der Waals surface area (Å²) in [5.74, 6) is 0.291. The monoisotopic (exact) mass is 522 g/mol. The molecule has 0 aliphatic heterocycles. The lowest BCUT2D eigenvalue weighted by atomic mass is 9.87. The molecule has 4 heteroatoms. The van der Waals surface area contributed by atoms with Crippen LogP contribution in [0, 0.1) is 0 Å². The summed E-state index contributed by atoms with van der Waals surface area (Å²) < 4.78 is 0.203. The molecule has 20 heavy (non-hydrogen) atoms. The lowest BCUT2D eigenvalue weighted by Gasteiger charge is -2.28. The van der Waals surface area contributed by atoms with E-state index in [0.29, 0.717) is 5.92 Å². The van der Waals surface area contributed by atoms with Gasteiger partial charge in [0.25, 0.3) is 0 Å². The Balaban J connectivity index is 2.40. The molecular formula is C16H14Br4. The highest BCUT2D eigenvalue weighted by Crippen LogP contribution is 2.39. The van der Waals surface area contributed by atoms with Crippen molar-refractivity contribution in [2.45, 2.75) is 19.3 Å². The molecule has 2 rings (SSSR count). The fraction of sp³-hybridized carbons (Fsp3) is 0.250. The summed E-state index contributed by atoms with van der Waals surface area (Å²) in [6, 6.07) is 21.2. The van der Waals surface area contributed by atoms with Gasteiger partial charge < -0.3 is 0 Å². The summed E-state index contributed by atoms with van der Waals surface area (Å²) >= 11 is 14.8. The van der Waals surface area contributed by atoms with E-state index >= 15 is 0 Å². The van der Waals surface area contributed by atoms with Crippen molar-refractivity contribution in [3.05, 3.63) is 71.8 Å². The molecule has 106 valence electrons. The van der Waals surface area contributed by atoms with E-state index in [0.717, 1.165) is 0 Å². The Morgan fingerprint density at radius 3 is 1.30 bits per heavy atom. The molecule has 2 aromatic carbocycles. The fourth-order valence-corrected chi connectivity index (χ4v) is 4.90. The highest BCUT2D eigenvalue weighted by atomic mass is 79.9. The van der Waals surface area contributed by atoms with Crippen LogP contribution in [0.15, 0.2) is 60.7 Å². The quantitative estimate of drug-likeness (QED) is 0.393. The first-order valence-electron chi connectivity index (χ1n) is 6.27. The van der Waals surface area contributed by atoms with Crippen LogP contribution in [0.5, 0.6) is 0 Å².